The van der Waals surface area contributed by atoms with Crippen molar-refractivity contribution < 1.29 is 14.4 Å². The van der Waals surface area contributed by atoms with Crippen molar-refractivity contribution in [3.63, 3.8) is 0 Å². The van der Waals surface area contributed by atoms with Crippen molar-refractivity contribution in [3.05, 3.63) is 29.3 Å². The number of hydrogen-bond donors (Lipinski definition) is 1. The van der Waals surface area contributed by atoms with E-state index in [4.69, 9.17) is 5.73 Å². The Morgan fingerprint density at radius 3 is 2.56 bits per heavy atom. The average molecular weight is 283 g/mol. The third kappa shape index (κ3) is 1.34. The molecule has 16 heavy (non-hydrogen) atoms. The summed E-state index contributed by atoms with van der Waals surface area (Å²) in [4.78, 5) is 35.6. The van der Waals surface area contributed by atoms with Gasteiger partial charge in [0, 0.05) is 5.69 Å². The summed E-state index contributed by atoms with van der Waals surface area (Å²) in [5.74, 6) is -1.86. The van der Waals surface area contributed by atoms with Gasteiger partial charge in [0.1, 0.15) is 0 Å². The Bertz CT molecular complexity index is 513. The topological polar surface area (TPSA) is 80.5 Å². The molecule has 0 bridgehead atoms. The maximum absolute atomic E-state index is 11.8. The summed E-state index contributed by atoms with van der Waals surface area (Å²) in [5, 5.41) is -0.0849. The van der Waals surface area contributed by atoms with Crippen molar-refractivity contribution in [2.24, 2.45) is 0 Å². The molecule has 6 heteroatoms. The highest BCUT2D eigenvalue weighted by Gasteiger charge is 2.40. The average Bonchev–Trinajstić information content (AvgIpc) is 2.52. The first-order valence-corrected chi connectivity index (χ1v) is 5.56. The molecule has 0 atom stereocenters. The van der Waals surface area contributed by atoms with Crippen molar-refractivity contribution in [1.82, 2.24) is 4.90 Å². The van der Waals surface area contributed by atoms with Gasteiger partial charge in [0.25, 0.3) is 11.8 Å². The largest absolute Gasteiger partial charge is 0.398 e. The number of fused-ring (bicyclic) bond motifs is 1. The molecule has 1 aliphatic heterocycles. The van der Waals surface area contributed by atoms with E-state index in [0.29, 0.717) is 4.90 Å². The lowest BCUT2D eigenvalue weighted by Crippen LogP contribution is -2.36. The maximum atomic E-state index is 11.8. The smallest absolute Gasteiger partial charge is 0.270 e. The molecule has 0 saturated heterocycles. The Kier molecular flexibility index (Phi) is 2.51. The van der Waals surface area contributed by atoms with Crippen LogP contribution in [0.4, 0.5) is 5.69 Å². The number of nitrogen functional groups attached to an aromatic ring is 1. The van der Waals surface area contributed by atoms with E-state index in [9.17, 15) is 14.4 Å². The summed E-state index contributed by atoms with van der Waals surface area (Å²) in [6.45, 7) is 0. The number of nitrogens with zero attached hydrogens (tertiary/aromatic N) is 1. The van der Waals surface area contributed by atoms with E-state index in [1.807, 2.05) is 0 Å². The van der Waals surface area contributed by atoms with E-state index in [1.54, 1.807) is 6.07 Å². The number of carbonyl (C=O) groups is 3. The van der Waals surface area contributed by atoms with Gasteiger partial charge in [-0.1, -0.05) is 22.0 Å². The molecule has 0 unspecified atom stereocenters. The van der Waals surface area contributed by atoms with Gasteiger partial charge in [-0.05, 0) is 12.1 Å². The fourth-order valence-electron chi connectivity index (χ4n) is 1.60. The molecule has 1 aliphatic rings. The van der Waals surface area contributed by atoms with E-state index in [0.717, 1.165) is 0 Å². The molecule has 0 spiro atoms. The molecule has 3 amide bonds. The molecular weight excluding hydrogens is 276 g/mol. The van der Waals surface area contributed by atoms with E-state index in [2.05, 4.69) is 15.9 Å². The standard InChI is InChI=1S/C10H7BrN2O3/c11-4-7(14)13-9(15)5-2-1-3-6(12)8(5)10(13)16/h1-3H,4,12H2. The van der Waals surface area contributed by atoms with Crippen LogP contribution in [0.2, 0.25) is 0 Å². The monoisotopic (exact) mass is 282 g/mol. The van der Waals surface area contributed by atoms with E-state index >= 15 is 0 Å². The van der Waals surface area contributed by atoms with E-state index in [-0.39, 0.29) is 22.1 Å². The zero-order chi connectivity index (χ0) is 11.9. The highest BCUT2D eigenvalue weighted by Crippen LogP contribution is 2.27. The summed E-state index contributed by atoms with van der Waals surface area (Å²) < 4.78 is 0. The minimum atomic E-state index is -0.650. The van der Waals surface area contributed by atoms with Gasteiger partial charge in [0.15, 0.2) is 0 Å². The number of hydrogen-bond acceptors (Lipinski definition) is 4. The third-order valence-corrected chi connectivity index (χ3v) is 2.79. The summed E-state index contributed by atoms with van der Waals surface area (Å²) in [7, 11) is 0. The van der Waals surface area contributed by atoms with Crippen LogP contribution < -0.4 is 5.73 Å². The minimum absolute atomic E-state index is 0.0849. The fourth-order valence-corrected chi connectivity index (χ4v) is 1.85. The zero-order valence-electron chi connectivity index (χ0n) is 8.07. The van der Waals surface area contributed by atoms with Crippen LogP contribution in [0.1, 0.15) is 20.7 Å². The summed E-state index contributed by atoms with van der Waals surface area (Å²) in [6, 6.07) is 4.57. The summed E-state index contributed by atoms with van der Waals surface area (Å²) in [5.41, 5.74) is 6.11. The number of rotatable bonds is 1. The molecule has 2 rings (SSSR count). The molecule has 2 N–H and O–H groups in total. The predicted octanol–water partition coefficient (Wildman–Crippen LogP) is 0.786. The number of alkyl halides is 1. The fraction of sp³-hybridized carbons (Fsp3) is 0.100. The van der Waals surface area contributed by atoms with Gasteiger partial charge < -0.3 is 5.73 Å². The second kappa shape index (κ2) is 3.71. The van der Waals surface area contributed by atoms with Gasteiger partial charge >= 0.3 is 0 Å². The number of carbonyl (C=O) groups excluding carboxylic acids is 3. The van der Waals surface area contributed by atoms with E-state index < -0.39 is 17.7 Å². The Balaban J connectivity index is 2.57. The first kappa shape index (κ1) is 10.8. The van der Waals surface area contributed by atoms with Gasteiger partial charge in [-0.3, -0.25) is 14.4 Å². The number of halogens is 1. The molecule has 0 saturated carbocycles. The van der Waals surface area contributed by atoms with Gasteiger partial charge in [0.2, 0.25) is 5.91 Å². The van der Waals surface area contributed by atoms with Crippen molar-refractivity contribution in [1.29, 1.82) is 0 Å². The Morgan fingerprint density at radius 2 is 2.00 bits per heavy atom. The highest BCUT2D eigenvalue weighted by molar-refractivity contribution is 9.09. The van der Waals surface area contributed by atoms with Crippen LogP contribution in [0.25, 0.3) is 0 Å². The zero-order valence-corrected chi connectivity index (χ0v) is 9.65. The van der Waals surface area contributed by atoms with Gasteiger partial charge in [0.05, 0.1) is 16.5 Å². The van der Waals surface area contributed by atoms with Gasteiger partial charge in [-0.2, -0.15) is 0 Å². The second-order valence-electron chi connectivity index (χ2n) is 3.24. The Morgan fingerprint density at radius 1 is 1.31 bits per heavy atom. The Labute approximate surface area is 99.3 Å². The minimum Gasteiger partial charge on any atom is -0.398 e. The van der Waals surface area contributed by atoms with Crippen LogP contribution in [0.15, 0.2) is 18.2 Å². The quantitative estimate of drug-likeness (QED) is 0.469. The number of amides is 3. The number of anilines is 1. The molecule has 0 radical (unpaired) electrons. The molecule has 5 nitrogen and oxygen atoms in total. The lowest BCUT2D eigenvalue weighted by Gasteiger charge is -2.08. The molecule has 1 aromatic rings. The van der Waals surface area contributed by atoms with E-state index in [1.165, 1.54) is 12.1 Å². The van der Waals surface area contributed by atoms with Crippen molar-refractivity contribution in [2.45, 2.75) is 0 Å². The maximum Gasteiger partial charge on any atom is 0.270 e. The van der Waals surface area contributed by atoms with Crippen LogP contribution in [0, 0.1) is 0 Å². The van der Waals surface area contributed by atoms with Crippen molar-refractivity contribution in [3.8, 4) is 0 Å². The second-order valence-corrected chi connectivity index (χ2v) is 3.80. The molecule has 0 aromatic heterocycles. The molecule has 1 heterocycles. The van der Waals surface area contributed by atoms with Crippen LogP contribution in [-0.4, -0.2) is 28.0 Å². The van der Waals surface area contributed by atoms with Crippen LogP contribution in [0.3, 0.4) is 0 Å². The first-order chi connectivity index (χ1) is 7.57. The number of nitrogens with two attached hydrogens (primary N) is 1. The third-order valence-electron chi connectivity index (χ3n) is 2.31. The Hall–Kier alpha value is -1.69. The number of imide groups is 3. The van der Waals surface area contributed by atoms with Crippen molar-refractivity contribution >= 4 is 39.3 Å². The van der Waals surface area contributed by atoms with Crippen LogP contribution in [0.5, 0.6) is 0 Å². The normalized spacial score (nSPS) is 14.2. The lowest BCUT2D eigenvalue weighted by molar-refractivity contribution is -0.123. The molecular formula is C10H7BrN2O3. The molecule has 82 valence electrons. The molecule has 0 aliphatic carbocycles. The predicted molar refractivity (Wildman–Crippen MR) is 60.2 cm³/mol. The SMILES string of the molecule is Nc1cccc2c1C(=O)N(C(=O)CBr)C2=O. The summed E-state index contributed by atoms with van der Waals surface area (Å²) >= 11 is 2.92. The van der Waals surface area contributed by atoms with Crippen LogP contribution in [-0.2, 0) is 4.79 Å². The van der Waals surface area contributed by atoms with Crippen molar-refractivity contribution in [2.75, 3.05) is 11.1 Å². The summed E-state index contributed by atoms with van der Waals surface area (Å²) in [6.07, 6.45) is 0. The highest BCUT2D eigenvalue weighted by atomic mass is 79.9. The lowest BCUT2D eigenvalue weighted by atomic mass is 10.1. The van der Waals surface area contributed by atoms with Crippen LogP contribution >= 0.6 is 15.9 Å². The molecule has 1 aromatic carbocycles. The first-order valence-electron chi connectivity index (χ1n) is 4.44. The van der Waals surface area contributed by atoms with Gasteiger partial charge in [-0.15, -0.1) is 0 Å². The van der Waals surface area contributed by atoms with Gasteiger partial charge in [-0.25, -0.2) is 4.90 Å². The number of benzene rings is 1. The molecule has 0 fully saturated rings.